The van der Waals surface area contributed by atoms with Crippen LogP contribution in [0.4, 0.5) is 13.2 Å². The maximum atomic E-state index is 11.9. The lowest BCUT2D eigenvalue weighted by Crippen LogP contribution is -2.24. The molecule has 0 aromatic heterocycles. The summed E-state index contributed by atoms with van der Waals surface area (Å²) >= 11 is 0. The number of esters is 1. The first kappa shape index (κ1) is 21.3. The standard InChI is InChI=1S/C18H32F3NO2/c1-22-14-10-12-16(22)11-8-6-4-2-3-5-7-9-13-17(23)24-15-18(19,20)21/h16H,2-15H2,1H3. The van der Waals surface area contributed by atoms with E-state index >= 15 is 0 Å². The highest BCUT2D eigenvalue weighted by molar-refractivity contribution is 5.69. The number of carbonyl (C=O) groups excluding carboxylic acids is 1. The number of likely N-dealkylation sites (tertiary alicyclic amines) is 1. The van der Waals surface area contributed by atoms with E-state index in [9.17, 15) is 18.0 Å². The minimum absolute atomic E-state index is 0.0883. The summed E-state index contributed by atoms with van der Waals surface area (Å²) in [6.07, 6.45) is 8.39. The molecule has 1 unspecified atom stereocenters. The number of carbonyl (C=O) groups is 1. The summed E-state index contributed by atoms with van der Waals surface area (Å²) in [7, 11) is 2.22. The molecule has 0 aromatic carbocycles. The molecule has 0 radical (unpaired) electrons. The summed E-state index contributed by atoms with van der Waals surface area (Å²) in [6.45, 7) is -0.225. The fourth-order valence-electron chi connectivity index (χ4n) is 3.29. The van der Waals surface area contributed by atoms with Crippen LogP contribution in [0.1, 0.15) is 77.0 Å². The van der Waals surface area contributed by atoms with Gasteiger partial charge in [0.1, 0.15) is 0 Å². The Morgan fingerprint density at radius 2 is 1.62 bits per heavy atom. The van der Waals surface area contributed by atoms with Gasteiger partial charge in [-0.25, -0.2) is 0 Å². The van der Waals surface area contributed by atoms with Crippen LogP contribution in [0.15, 0.2) is 0 Å². The van der Waals surface area contributed by atoms with E-state index in [4.69, 9.17) is 0 Å². The quantitative estimate of drug-likeness (QED) is 0.362. The largest absolute Gasteiger partial charge is 0.456 e. The van der Waals surface area contributed by atoms with Crippen molar-refractivity contribution in [3.63, 3.8) is 0 Å². The van der Waals surface area contributed by atoms with Crippen LogP contribution in [0.25, 0.3) is 0 Å². The molecule has 0 spiro atoms. The number of rotatable bonds is 12. The topological polar surface area (TPSA) is 29.5 Å². The van der Waals surface area contributed by atoms with Gasteiger partial charge in [0, 0.05) is 12.5 Å². The average molecular weight is 351 g/mol. The first-order chi connectivity index (χ1) is 11.4. The van der Waals surface area contributed by atoms with Gasteiger partial charge in [0.05, 0.1) is 0 Å². The number of unbranched alkanes of at least 4 members (excludes halogenated alkanes) is 7. The highest BCUT2D eigenvalue weighted by Crippen LogP contribution is 2.21. The van der Waals surface area contributed by atoms with Gasteiger partial charge in [-0.15, -0.1) is 0 Å². The van der Waals surface area contributed by atoms with E-state index < -0.39 is 18.8 Å². The molecule has 6 heteroatoms. The maximum absolute atomic E-state index is 11.9. The second kappa shape index (κ2) is 11.7. The number of hydrogen-bond acceptors (Lipinski definition) is 3. The molecule has 1 fully saturated rings. The molecular weight excluding hydrogens is 319 g/mol. The molecule has 0 N–H and O–H groups in total. The van der Waals surface area contributed by atoms with Gasteiger partial charge >= 0.3 is 12.1 Å². The number of alkyl halides is 3. The lowest BCUT2D eigenvalue weighted by atomic mass is 10.0. The smallest absolute Gasteiger partial charge is 0.422 e. The van der Waals surface area contributed by atoms with Gasteiger partial charge in [0.15, 0.2) is 6.61 Å². The Morgan fingerprint density at radius 3 is 2.17 bits per heavy atom. The fraction of sp³-hybridized carbons (Fsp3) is 0.944. The van der Waals surface area contributed by atoms with E-state index in [1.807, 2.05) is 0 Å². The molecule has 0 aromatic rings. The molecule has 3 nitrogen and oxygen atoms in total. The van der Waals surface area contributed by atoms with E-state index in [1.54, 1.807) is 0 Å². The van der Waals surface area contributed by atoms with Gasteiger partial charge in [-0.1, -0.05) is 44.9 Å². The minimum Gasteiger partial charge on any atom is -0.456 e. The van der Waals surface area contributed by atoms with Crippen molar-refractivity contribution in [2.45, 2.75) is 89.3 Å². The monoisotopic (exact) mass is 351 g/mol. The van der Waals surface area contributed by atoms with Crippen molar-refractivity contribution < 1.29 is 22.7 Å². The molecular formula is C18H32F3NO2. The first-order valence-electron chi connectivity index (χ1n) is 9.31. The molecule has 0 saturated carbocycles. The normalized spacial score (nSPS) is 18.9. The van der Waals surface area contributed by atoms with Crippen molar-refractivity contribution in [2.75, 3.05) is 20.2 Å². The lowest BCUT2D eigenvalue weighted by molar-refractivity contribution is -0.186. The van der Waals surface area contributed by atoms with E-state index in [1.165, 1.54) is 51.5 Å². The summed E-state index contributed by atoms with van der Waals surface area (Å²) in [5, 5.41) is 0. The van der Waals surface area contributed by atoms with E-state index in [0.717, 1.165) is 25.3 Å². The first-order valence-corrected chi connectivity index (χ1v) is 9.31. The third-order valence-electron chi connectivity index (χ3n) is 4.74. The van der Waals surface area contributed by atoms with Crippen LogP contribution >= 0.6 is 0 Å². The average Bonchev–Trinajstić information content (AvgIpc) is 2.91. The van der Waals surface area contributed by atoms with Crippen LogP contribution in [-0.4, -0.2) is 43.3 Å². The predicted molar refractivity (Wildman–Crippen MR) is 88.8 cm³/mol. The Morgan fingerprint density at radius 1 is 1.04 bits per heavy atom. The molecule has 1 heterocycles. The SMILES string of the molecule is CN1CCCC1CCCCCCCCCCC(=O)OCC(F)(F)F. The second-order valence-electron chi connectivity index (χ2n) is 6.92. The van der Waals surface area contributed by atoms with Crippen molar-refractivity contribution in [1.82, 2.24) is 4.90 Å². The molecule has 1 saturated heterocycles. The summed E-state index contributed by atoms with van der Waals surface area (Å²) in [4.78, 5) is 13.6. The molecule has 0 bridgehead atoms. The molecule has 142 valence electrons. The highest BCUT2D eigenvalue weighted by Gasteiger charge is 2.29. The van der Waals surface area contributed by atoms with E-state index in [2.05, 4.69) is 16.7 Å². The van der Waals surface area contributed by atoms with Gasteiger partial charge < -0.3 is 9.64 Å². The van der Waals surface area contributed by atoms with Gasteiger partial charge in [0.2, 0.25) is 0 Å². The number of nitrogens with zero attached hydrogens (tertiary/aromatic N) is 1. The third-order valence-corrected chi connectivity index (χ3v) is 4.74. The van der Waals surface area contributed by atoms with Crippen molar-refractivity contribution >= 4 is 5.97 Å². The van der Waals surface area contributed by atoms with E-state index in [0.29, 0.717) is 6.42 Å². The summed E-state index contributed by atoms with van der Waals surface area (Å²) < 4.78 is 39.7. The number of halogens is 3. The van der Waals surface area contributed by atoms with Crippen LogP contribution in [0.5, 0.6) is 0 Å². The summed E-state index contributed by atoms with van der Waals surface area (Å²) in [5.41, 5.74) is 0. The highest BCUT2D eigenvalue weighted by atomic mass is 19.4. The van der Waals surface area contributed by atoms with Gasteiger partial charge in [0.25, 0.3) is 0 Å². The van der Waals surface area contributed by atoms with Gasteiger partial charge in [-0.2, -0.15) is 13.2 Å². The predicted octanol–water partition coefficient (Wildman–Crippen LogP) is 5.09. The Labute approximate surface area is 143 Å². The Balaban J connectivity index is 1.81. The zero-order valence-corrected chi connectivity index (χ0v) is 14.9. The Bertz CT molecular complexity index is 348. The zero-order chi connectivity index (χ0) is 17.8. The third kappa shape index (κ3) is 10.9. The maximum Gasteiger partial charge on any atom is 0.422 e. The van der Waals surface area contributed by atoms with E-state index in [-0.39, 0.29) is 6.42 Å². The zero-order valence-electron chi connectivity index (χ0n) is 14.9. The van der Waals surface area contributed by atoms with Crippen LogP contribution in [0.2, 0.25) is 0 Å². The van der Waals surface area contributed by atoms with Crippen molar-refractivity contribution in [3.8, 4) is 0 Å². The van der Waals surface area contributed by atoms with Crippen LogP contribution in [0, 0.1) is 0 Å². The van der Waals surface area contributed by atoms with Gasteiger partial charge in [-0.3, -0.25) is 4.79 Å². The molecule has 1 rings (SSSR count). The molecule has 1 atom stereocenters. The molecule has 24 heavy (non-hydrogen) atoms. The molecule has 1 aliphatic rings. The molecule has 0 amide bonds. The molecule has 1 aliphatic heterocycles. The molecule has 0 aliphatic carbocycles. The van der Waals surface area contributed by atoms with Crippen molar-refractivity contribution in [2.24, 2.45) is 0 Å². The van der Waals surface area contributed by atoms with Crippen molar-refractivity contribution in [3.05, 3.63) is 0 Å². The van der Waals surface area contributed by atoms with Crippen LogP contribution in [-0.2, 0) is 9.53 Å². The Hall–Kier alpha value is -0.780. The fourth-order valence-corrected chi connectivity index (χ4v) is 3.29. The Kier molecular flexibility index (Phi) is 10.4. The van der Waals surface area contributed by atoms with Crippen LogP contribution in [0.3, 0.4) is 0 Å². The minimum atomic E-state index is -4.43. The van der Waals surface area contributed by atoms with Gasteiger partial charge in [-0.05, 0) is 39.3 Å². The summed E-state index contributed by atoms with van der Waals surface area (Å²) in [6, 6.07) is 0.794. The second-order valence-corrected chi connectivity index (χ2v) is 6.92. The van der Waals surface area contributed by atoms with Crippen LogP contribution < -0.4 is 0 Å². The van der Waals surface area contributed by atoms with Crippen molar-refractivity contribution in [1.29, 1.82) is 0 Å². The lowest BCUT2D eigenvalue weighted by Gasteiger charge is -2.18. The number of hydrogen-bond donors (Lipinski definition) is 0. The summed E-state index contributed by atoms with van der Waals surface area (Å²) in [5.74, 6) is -0.746. The number of ether oxygens (including phenoxy) is 1.